The van der Waals surface area contributed by atoms with Gasteiger partial charge in [0.1, 0.15) is 13.2 Å². The van der Waals surface area contributed by atoms with Crippen LogP contribution >= 0.6 is 0 Å². The quantitative estimate of drug-likeness (QED) is 0.155. The minimum Gasteiger partial charge on any atom is -1.00 e. The van der Waals surface area contributed by atoms with Crippen LogP contribution in [0, 0.1) is 0 Å². The zero-order valence-electron chi connectivity index (χ0n) is 23.5. The SMILES string of the molecule is CCCCC(=O)OC[n+]1ccc(-c2c(COC(=O)NC(C)C)c(COC(=O)NC(C)C)c3n2CCC3)cc1.[I-]. The zero-order chi connectivity index (χ0) is 27.7. The molecule has 0 radical (unpaired) electrons. The normalized spacial score (nSPS) is 12.1. The Bertz CT molecular complexity index is 1110. The Balaban J connectivity index is 0.00000533. The highest BCUT2D eigenvalue weighted by Gasteiger charge is 2.28. The molecule has 0 spiro atoms. The van der Waals surface area contributed by atoms with Crippen LogP contribution in [0.1, 0.15) is 77.1 Å². The van der Waals surface area contributed by atoms with Gasteiger partial charge in [0.15, 0.2) is 12.4 Å². The summed E-state index contributed by atoms with van der Waals surface area (Å²) in [5.41, 5.74) is 4.64. The van der Waals surface area contributed by atoms with E-state index in [9.17, 15) is 14.4 Å². The summed E-state index contributed by atoms with van der Waals surface area (Å²) in [6, 6.07) is 3.81. The molecule has 3 heterocycles. The summed E-state index contributed by atoms with van der Waals surface area (Å²) in [4.78, 5) is 36.4. The maximum atomic E-state index is 12.3. The Morgan fingerprint density at radius 2 is 1.54 bits per heavy atom. The lowest BCUT2D eigenvalue weighted by Gasteiger charge is -2.14. The van der Waals surface area contributed by atoms with Crippen molar-refractivity contribution in [3.8, 4) is 11.3 Å². The standard InChI is InChI=1S/C28H40N4O6.HI/c1-6-7-10-25(33)38-18-31-14-11-21(12-15-31)26-23(17-37-28(35)30-20(4)5)22(24-9-8-13-32(24)26)16-36-27(34)29-19(2)3;/h11-12,14-15,19-20H,6-10,13,16-18H2,1-5H3,(H-,29,30,34,35);1H. The Hall–Kier alpha value is -2.83. The number of carbonyl (C=O) groups is 3. The van der Waals surface area contributed by atoms with E-state index in [1.807, 2.05) is 59.1 Å². The molecular weight excluding hydrogens is 615 g/mol. The number of fused-ring (bicyclic) bond motifs is 1. The molecule has 216 valence electrons. The van der Waals surface area contributed by atoms with Gasteiger partial charge in [-0.3, -0.25) is 4.79 Å². The number of hydrogen-bond donors (Lipinski definition) is 2. The summed E-state index contributed by atoms with van der Waals surface area (Å²) in [5, 5.41) is 5.49. The fraction of sp³-hybridized carbons (Fsp3) is 0.571. The van der Waals surface area contributed by atoms with Crippen molar-refractivity contribution in [1.29, 1.82) is 0 Å². The summed E-state index contributed by atoms with van der Waals surface area (Å²) in [6.07, 6.45) is 6.72. The molecule has 0 aliphatic carbocycles. The number of amides is 2. The van der Waals surface area contributed by atoms with Gasteiger partial charge in [0.25, 0.3) is 6.73 Å². The van der Waals surface area contributed by atoms with Gasteiger partial charge < -0.3 is 53.4 Å². The zero-order valence-corrected chi connectivity index (χ0v) is 25.7. The summed E-state index contributed by atoms with van der Waals surface area (Å²) in [6.45, 7) is 10.6. The van der Waals surface area contributed by atoms with Crippen LogP contribution in [0.2, 0.25) is 0 Å². The van der Waals surface area contributed by atoms with Crippen LogP contribution in [0.5, 0.6) is 0 Å². The van der Waals surface area contributed by atoms with Gasteiger partial charge in [-0.2, -0.15) is 4.57 Å². The third-order valence-electron chi connectivity index (χ3n) is 6.17. The number of rotatable bonds is 12. The molecule has 1 aliphatic heterocycles. The lowest BCUT2D eigenvalue weighted by atomic mass is 10.0. The molecule has 2 amide bonds. The summed E-state index contributed by atoms with van der Waals surface area (Å²) in [5.74, 6) is -0.210. The van der Waals surface area contributed by atoms with Gasteiger partial charge in [0, 0.05) is 59.6 Å². The molecule has 0 atom stereocenters. The van der Waals surface area contributed by atoms with Crippen molar-refractivity contribution in [3.63, 3.8) is 0 Å². The first-order valence-corrected chi connectivity index (χ1v) is 13.4. The van der Waals surface area contributed by atoms with Crippen molar-refractivity contribution in [2.45, 2.75) is 105 Å². The number of aromatic nitrogens is 2. The van der Waals surface area contributed by atoms with E-state index in [0.29, 0.717) is 6.42 Å². The van der Waals surface area contributed by atoms with Crippen LogP contribution < -0.4 is 39.2 Å². The molecule has 3 rings (SSSR count). The Labute approximate surface area is 247 Å². The highest BCUT2D eigenvalue weighted by atomic mass is 127. The molecule has 2 N–H and O–H groups in total. The molecule has 1 aliphatic rings. The first-order chi connectivity index (χ1) is 18.2. The van der Waals surface area contributed by atoms with Gasteiger partial charge in [-0.1, -0.05) is 13.3 Å². The summed E-state index contributed by atoms with van der Waals surface area (Å²) < 4.78 is 20.5. The summed E-state index contributed by atoms with van der Waals surface area (Å²) in [7, 11) is 0. The molecule has 0 aromatic carbocycles. The van der Waals surface area contributed by atoms with Crippen molar-refractivity contribution >= 4 is 18.2 Å². The van der Waals surface area contributed by atoms with Gasteiger partial charge >= 0.3 is 18.2 Å². The van der Waals surface area contributed by atoms with E-state index in [0.717, 1.165) is 60.3 Å². The van der Waals surface area contributed by atoms with Gasteiger partial charge in [-0.15, -0.1) is 0 Å². The van der Waals surface area contributed by atoms with Crippen molar-refractivity contribution in [1.82, 2.24) is 15.2 Å². The monoisotopic (exact) mass is 656 g/mol. The predicted molar refractivity (Wildman–Crippen MR) is 141 cm³/mol. The van der Waals surface area contributed by atoms with Crippen LogP contribution in [-0.4, -0.2) is 34.8 Å². The molecule has 0 fully saturated rings. The number of hydrogen-bond acceptors (Lipinski definition) is 6. The van der Waals surface area contributed by atoms with Crippen molar-refractivity contribution in [2.75, 3.05) is 0 Å². The van der Waals surface area contributed by atoms with E-state index < -0.39 is 12.2 Å². The van der Waals surface area contributed by atoms with E-state index >= 15 is 0 Å². The number of nitrogens with one attached hydrogen (secondary N) is 2. The number of halogens is 1. The molecule has 10 nitrogen and oxygen atoms in total. The fourth-order valence-corrected chi connectivity index (χ4v) is 4.44. The minimum absolute atomic E-state index is 0. The molecular formula is C28H41IN4O6. The predicted octanol–water partition coefficient (Wildman–Crippen LogP) is 1.35. The van der Waals surface area contributed by atoms with E-state index in [4.69, 9.17) is 14.2 Å². The van der Waals surface area contributed by atoms with Crippen LogP contribution in [0.15, 0.2) is 24.5 Å². The maximum absolute atomic E-state index is 12.3. The number of carbonyl (C=O) groups excluding carboxylic acids is 3. The largest absolute Gasteiger partial charge is 1.00 e. The third-order valence-corrected chi connectivity index (χ3v) is 6.17. The van der Waals surface area contributed by atoms with Crippen molar-refractivity contribution in [2.24, 2.45) is 0 Å². The Kier molecular flexibility index (Phi) is 13.0. The molecule has 39 heavy (non-hydrogen) atoms. The first kappa shape index (κ1) is 32.4. The third kappa shape index (κ3) is 9.40. The lowest BCUT2D eigenvalue weighted by Crippen LogP contribution is -3.00. The number of unbranched alkanes of at least 4 members (excludes halogenated alkanes) is 1. The maximum Gasteiger partial charge on any atom is 0.407 e. The van der Waals surface area contributed by atoms with Crippen molar-refractivity contribution in [3.05, 3.63) is 41.3 Å². The molecule has 0 saturated heterocycles. The van der Waals surface area contributed by atoms with E-state index in [-0.39, 0.29) is 62.0 Å². The fourth-order valence-electron chi connectivity index (χ4n) is 4.44. The smallest absolute Gasteiger partial charge is 0.407 e. The van der Waals surface area contributed by atoms with Crippen LogP contribution in [0.4, 0.5) is 9.59 Å². The van der Waals surface area contributed by atoms with Crippen LogP contribution in [0.25, 0.3) is 11.3 Å². The van der Waals surface area contributed by atoms with Gasteiger partial charge in [0.2, 0.25) is 0 Å². The highest BCUT2D eigenvalue weighted by Crippen LogP contribution is 2.36. The highest BCUT2D eigenvalue weighted by molar-refractivity contribution is 5.71. The Morgan fingerprint density at radius 1 is 0.949 bits per heavy atom. The molecule has 0 bridgehead atoms. The van der Waals surface area contributed by atoms with Crippen LogP contribution in [-0.2, 0) is 51.9 Å². The number of nitrogens with zero attached hydrogens (tertiary/aromatic N) is 2. The average Bonchev–Trinajstić information content (AvgIpc) is 3.44. The second-order valence-corrected chi connectivity index (χ2v) is 10.1. The summed E-state index contributed by atoms with van der Waals surface area (Å²) >= 11 is 0. The minimum atomic E-state index is -0.502. The van der Waals surface area contributed by atoms with Crippen LogP contribution in [0.3, 0.4) is 0 Å². The molecule has 2 aromatic heterocycles. The second-order valence-electron chi connectivity index (χ2n) is 10.1. The van der Waals surface area contributed by atoms with E-state index in [1.54, 1.807) is 4.57 Å². The molecule has 2 aromatic rings. The Morgan fingerprint density at radius 3 is 2.10 bits per heavy atom. The number of pyridine rings is 1. The van der Waals surface area contributed by atoms with E-state index in [2.05, 4.69) is 15.2 Å². The number of alkyl carbamates (subject to hydrolysis) is 2. The second kappa shape index (κ2) is 15.7. The number of ether oxygens (including phenoxy) is 3. The lowest BCUT2D eigenvalue weighted by molar-refractivity contribution is -0.727. The number of esters is 1. The van der Waals surface area contributed by atoms with Crippen molar-refractivity contribution < 1.29 is 57.1 Å². The molecule has 0 saturated carbocycles. The topological polar surface area (TPSA) is 112 Å². The first-order valence-electron chi connectivity index (χ1n) is 13.4. The molecule has 11 heteroatoms. The van der Waals surface area contributed by atoms with Gasteiger partial charge in [-0.25, -0.2) is 9.59 Å². The molecule has 0 unspecified atom stereocenters. The average molecular weight is 657 g/mol. The van der Waals surface area contributed by atoms with Gasteiger partial charge in [0.05, 0.1) is 5.69 Å². The van der Waals surface area contributed by atoms with E-state index in [1.165, 1.54) is 0 Å². The van der Waals surface area contributed by atoms with Gasteiger partial charge in [-0.05, 0) is 47.0 Å².